The minimum atomic E-state index is -0.767. The summed E-state index contributed by atoms with van der Waals surface area (Å²) in [5, 5.41) is 2.88. The molecular weight excluding hydrogens is 273 g/mol. The highest BCUT2D eigenvalue weighted by atomic mass is 35.5. The van der Waals surface area contributed by atoms with Gasteiger partial charge in [-0.25, -0.2) is 0 Å². The zero-order valence-electron chi connectivity index (χ0n) is 11.6. The molecule has 1 rings (SSSR count). The maximum absolute atomic E-state index is 11.5. The number of nitrogens with zero attached hydrogens (tertiary/aromatic N) is 1. The van der Waals surface area contributed by atoms with Crippen molar-refractivity contribution in [1.82, 2.24) is 10.2 Å². The van der Waals surface area contributed by atoms with Gasteiger partial charge in [-0.05, 0) is 45.7 Å². The van der Waals surface area contributed by atoms with Crippen LogP contribution in [0.15, 0.2) is 0 Å². The van der Waals surface area contributed by atoms with E-state index in [0.717, 1.165) is 25.6 Å². The fourth-order valence-electron chi connectivity index (χ4n) is 1.84. The lowest BCUT2D eigenvalue weighted by atomic mass is 9.99. The SMILES string of the molecule is CC1CCN(CCNC(=O)C(C)(C)N)CC1.Cl.Cl. The third-order valence-corrected chi connectivity index (χ3v) is 3.18. The van der Waals surface area contributed by atoms with Gasteiger partial charge in [-0.15, -0.1) is 24.8 Å². The smallest absolute Gasteiger partial charge is 0.239 e. The van der Waals surface area contributed by atoms with Gasteiger partial charge in [-0.3, -0.25) is 4.79 Å². The average Bonchev–Trinajstić information content (AvgIpc) is 2.19. The number of amides is 1. The van der Waals surface area contributed by atoms with Crippen molar-refractivity contribution in [2.45, 2.75) is 39.2 Å². The summed E-state index contributed by atoms with van der Waals surface area (Å²) in [7, 11) is 0. The molecule has 0 aromatic heterocycles. The molecule has 1 amide bonds. The van der Waals surface area contributed by atoms with Crippen molar-refractivity contribution in [2.24, 2.45) is 11.7 Å². The molecule has 1 fully saturated rings. The van der Waals surface area contributed by atoms with Crippen molar-refractivity contribution < 1.29 is 4.79 Å². The van der Waals surface area contributed by atoms with Crippen LogP contribution in [0.5, 0.6) is 0 Å². The zero-order valence-corrected chi connectivity index (χ0v) is 13.2. The normalized spacial score (nSPS) is 17.6. The molecule has 0 bridgehead atoms. The van der Waals surface area contributed by atoms with E-state index in [0.29, 0.717) is 6.54 Å². The maximum atomic E-state index is 11.5. The van der Waals surface area contributed by atoms with Crippen LogP contribution in [0.4, 0.5) is 0 Å². The molecule has 1 aliphatic rings. The summed E-state index contributed by atoms with van der Waals surface area (Å²) in [6, 6.07) is 0. The maximum Gasteiger partial charge on any atom is 0.239 e. The zero-order chi connectivity index (χ0) is 12.2. The Morgan fingerprint density at radius 2 is 1.83 bits per heavy atom. The minimum Gasteiger partial charge on any atom is -0.353 e. The van der Waals surface area contributed by atoms with Crippen LogP contribution in [0, 0.1) is 5.92 Å². The lowest BCUT2D eigenvalue weighted by molar-refractivity contribution is -0.125. The van der Waals surface area contributed by atoms with Gasteiger partial charge >= 0.3 is 0 Å². The summed E-state index contributed by atoms with van der Waals surface area (Å²) >= 11 is 0. The Balaban J connectivity index is 0. The molecule has 0 aromatic carbocycles. The number of hydrogen-bond acceptors (Lipinski definition) is 3. The predicted molar refractivity (Wildman–Crippen MR) is 80.6 cm³/mol. The molecule has 0 spiro atoms. The Morgan fingerprint density at radius 3 is 2.28 bits per heavy atom. The number of hydrogen-bond donors (Lipinski definition) is 2. The first kappa shape index (κ1) is 20.3. The second kappa shape index (κ2) is 8.97. The molecular formula is C12H27Cl2N3O. The molecule has 3 N–H and O–H groups in total. The second-order valence-electron chi connectivity index (χ2n) is 5.50. The van der Waals surface area contributed by atoms with Crippen molar-refractivity contribution in [3.8, 4) is 0 Å². The largest absolute Gasteiger partial charge is 0.353 e. The summed E-state index contributed by atoms with van der Waals surface area (Å²) in [6.45, 7) is 9.71. The van der Waals surface area contributed by atoms with Gasteiger partial charge < -0.3 is 16.0 Å². The Morgan fingerprint density at radius 1 is 1.33 bits per heavy atom. The molecule has 0 unspecified atom stereocenters. The third kappa shape index (κ3) is 7.41. The topological polar surface area (TPSA) is 58.4 Å². The first-order valence-electron chi connectivity index (χ1n) is 6.19. The summed E-state index contributed by atoms with van der Waals surface area (Å²) < 4.78 is 0. The van der Waals surface area contributed by atoms with Crippen LogP contribution in [0.25, 0.3) is 0 Å². The Hall–Kier alpha value is -0.0300. The van der Waals surface area contributed by atoms with Gasteiger partial charge in [0.05, 0.1) is 5.54 Å². The lowest BCUT2D eigenvalue weighted by Crippen LogP contribution is -2.50. The molecule has 0 aromatic rings. The minimum absolute atomic E-state index is 0. The molecule has 0 aliphatic carbocycles. The summed E-state index contributed by atoms with van der Waals surface area (Å²) in [5.41, 5.74) is 4.92. The first-order chi connectivity index (χ1) is 7.39. The monoisotopic (exact) mass is 299 g/mol. The van der Waals surface area contributed by atoms with E-state index in [1.165, 1.54) is 12.8 Å². The molecule has 0 saturated carbocycles. The molecule has 1 saturated heterocycles. The molecule has 4 nitrogen and oxygen atoms in total. The van der Waals surface area contributed by atoms with Crippen LogP contribution in [0.2, 0.25) is 0 Å². The molecule has 18 heavy (non-hydrogen) atoms. The fourth-order valence-corrected chi connectivity index (χ4v) is 1.84. The third-order valence-electron chi connectivity index (χ3n) is 3.18. The lowest BCUT2D eigenvalue weighted by Gasteiger charge is -2.30. The molecule has 1 heterocycles. The van der Waals surface area contributed by atoms with E-state index in [2.05, 4.69) is 17.1 Å². The highest BCUT2D eigenvalue weighted by Crippen LogP contribution is 2.15. The summed E-state index contributed by atoms with van der Waals surface area (Å²) in [6.07, 6.45) is 2.55. The van der Waals surface area contributed by atoms with Gasteiger partial charge in [0.1, 0.15) is 0 Å². The van der Waals surface area contributed by atoms with Crippen LogP contribution in [0.1, 0.15) is 33.6 Å². The average molecular weight is 300 g/mol. The number of piperidine rings is 1. The quantitative estimate of drug-likeness (QED) is 0.825. The van der Waals surface area contributed by atoms with E-state index in [4.69, 9.17) is 5.73 Å². The van der Waals surface area contributed by atoms with Gasteiger partial charge in [0.2, 0.25) is 5.91 Å². The molecule has 1 aliphatic heterocycles. The molecule has 110 valence electrons. The van der Waals surface area contributed by atoms with E-state index in [-0.39, 0.29) is 30.7 Å². The number of nitrogens with two attached hydrogens (primary N) is 1. The van der Waals surface area contributed by atoms with E-state index in [1.807, 2.05) is 0 Å². The Kier molecular flexibility index (Phi) is 10.1. The number of likely N-dealkylation sites (tertiary alicyclic amines) is 1. The number of carbonyl (C=O) groups is 1. The van der Waals surface area contributed by atoms with Crippen molar-refractivity contribution in [3.63, 3.8) is 0 Å². The summed E-state index contributed by atoms with van der Waals surface area (Å²) in [5.74, 6) is 0.784. The van der Waals surface area contributed by atoms with Gasteiger partial charge in [-0.1, -0.05) is 6.92 Å². The number of halogens is 2. The predicted octanol–water partition coefficient (Wildman–Crippen LogP) is 1.42. The standard InChI is InChI=1S/C12H25N3O.2ClH/c1-10-4-7-15(8-5-10)9-6-14-11(16)12(2,3)13;;/h10H,4-9,13H2,1-3H3,(H,14,16);2*1H. The van der Waals surface area contributed by atoms with E-state index >= 15 is 0 Å². The van der Waals surface area contributed by atoms with Crippen molar-refractivity contribution in [3.05, 3.63) is 0 Å². The van der Waals surface area contributed by atoms with E-state index in [9.17, 15) is 4.79 Å². The fraction of sp³-hybridized carbons (Fsp3) is 0.917. The first-order valence-corrected chi connectivity index (χ1v) is 6.19. The second-order valence-corrected chi connectivity index (χ2v) is 5.50. The van der Waals surface area contributed by atoms with Gasteiger partial charge in [-0.2, -0.15) is 0 Å². The Labute approximate surface area is 123 Å². The van der Waals surface area contributed by atoms with Crippen LogP contribution in [-0.4, -0.2) is 42.5 Å². The van der Waals surface area contributed by atoms with Crippen LogP contribution in [0.3, 0.4) is 0 Å². The number of rotatable bonds is 4. The van der Waals surface area contributed by atoms with Gasteiger partial charge in [0.15, 0.2) is 0 Å². The van der Waals surface area contributed by atoms with Crippen LogP contribution in [-0.2, 0) is 4.79 Å². The van der Waals surface area contributed by atoms with Crippen molar-refractivity contribution in [1.29, 1.82) is 0 Å². The van der Waals surface area contributed by atoms with E-state index < -0.39 is 5.54 Å². The van der Waals surface area contributed by atoms with Crippen molar-refractivity contribution in [2.75, 3.05) is 26.2 Å². The van der Waals surface area contributed by atoms with Gasteiger partial charge in [0.25, 0.3) is 0 Å². The summed E-state index contributed by atoms with van der Waals surface area (Å²) in [4.78, 5) is 13.9. The van der Waals surface area contributed by atoms with Crippen LogP contribution < -0.4 is 11.1 Å². The highest BCUT2D eigenvalue weighted by molar-refractivity contribution is 5.85. The van der Waals surface area contributed by atoms with Crippen molar-refractivity contribution >= 4 is 30.7 Å². The Bertz CT molecular complexity index is 236. The van der Waals surface area contributed by atoms with Crippen LogP contribution >= 0.6 is 24.8 Å². The molecule has 0 atom stereocenters. The molecule has 6 heteroatoms. The van der Waals surface area contributed by atoms with Gasteiger partial charge in [0, 0.05) is 13.1 Å². The number of nitrogens with one attached hydrogen (secondary N) is 1. The highest BCUT2D eigenvalue weighted by Gasteiger charge is 2.21. The number of carbonyl (C=O) groups excluding carboxylic acids is 1. The molecule has 0 radical (unpaired) electrons. The van der Waals surface area contributed by atoms with E-state index in [1.54, 1.807) is 13.8 Å².